The fraction of sp³-hybridized carbons (Fsp3) is 0.455. The van der Waals surface area contributed by atoms with Gasteiger partial charge < -0.3 is 4.57 Å². The maximum atomic E-state index is 11.7. The van der Waals surface area contributed by atoms with Gasteiger partial charge in [-0.2, -0.15) is 5.26 Å². The second-order valence-corrected chi connectivity index (χ2v) is 3.63. The van der Waals surface area contributed by atoms with Crippen LogP contribution < -0.4 is 0 Å². The van der Waals surface area contributed by atoms with E-state index in [1.54, 1.807) is 12.3 Å². The van der Waals surface area contributed by atoms with E-state index in [-0.39, 0.29) is 5.78 Å². The van der Waals surface area contributed by atoms with Crippen LogP contribution >= 0.6 is 0 Å². The third-order valence-corrected chi connectivity index (χ3v) is 2.17. The van der Waals surface area contributed by atoms with Crippen LogP contribution in [0.2, 0.25) is 0 Å². The van der Waals surface area contributed by atoms with E-state index >= 15 is 0 Å². The minimum atomic E-state index is 0.0936. The van der Waals surface area contributed by atoms with E-state index < -0.39 is 0 Å². The van der Waals surface area contributed by atoms with Gasteiger partial charge in [0, 0.05) is 38.0 Å². The first-order valence-corrected chi connectivity index (χ1v) is 4.84. The molecule has 1 heterocycles. The highest BCUT2D eigenvalue weighted by Crippen LogP contribution is 2.02. The molecule has 4 nitrogen and oxygen atoms in total. The number of rotatable bonds is 5. The summed E-state index contributed by atoms with van der Waals surface area (Å²) in [4.78, 5) is 13.6. The molecule has 0 atom stereocenters. The monoisotopic (exact) mass is 205 g/mol. The lowest BCUT2D eigenvalue weighted by atomic mass is 10.2. The van der Waals surface area contributed by atoms with Gasteiger partial charge in [0.05, 0.1) is 12.6 Å². The van der Waals surface area contributed by atoms with Crippen LogP contribution in [0.3, 0.4) is 0 Å². The molecular formula is C11H15N3O. The van der Waals surface area contributed by atoms with Gasteiger partial charge in [-0.3, -0.25) is 9.69 Å². The first-order chi connectivity index (χ1) is 7.13. The largest absolute Gasteiger partial charge is 0.357 e. The number of hydrogen-bond donors (Lipinski definition) is 0. The van der Waals surface area contributed by atoms with Crippen molar-refractivity contribution in [1.29, 1.82) is 5.26 Å². The summed E-state index contributed by atoms with van der Waals surface area (Å²) in [6.45, 7) is 1.00. The Morgan fingerprint density at radius 1 is 1.67 bits per heavy atom. The van der Waals surface area contributed by atoms with Crippen LogP contribution in [0.4, 0.5) is 0 Å². The summed E-state index contributed by atoms with van der Waals surface area (Å²) in [7, 11) is 3.73. The highest BCUT2D eigenvalue weighted by atomic mass is 16.1. The molecule has 0 radical (unpaired) electrons. The van der Waals surface area contributed by atoms with E-state index in [0.717, 1.165) is 5.56 Å². The topological polar surface area (TPSA) is 49.0 Å². The van der Waals surface area contributed by atoms with Crippen molar-refractivity contribution in [3.8, 4) is 6.07 Å². The average Bonchev–Trinajstić information content (AvgIpc) is 2.61. The SMILES string of the molecule is CN(CCC#N)CC(=O)c1ccn(C)c1. The van der Waals surface area contributed by atoms with Crippen molar-refractivity contribution in [2.75, 3.05) is 20.1 Å². The molecule has 1 rings (SSSR count). The van der Waals surface area contributed by atoms with Gasteiger partial charge in [0.1, 0.15) is 0 Å². The maximum Gasteiger partial charge on any atom is 0.178 e. The molecule has 0 fully saturated rings. The summed E-state index contributed by atoms with van der Waals surface area (Å²) < 4.78 is 1.85. The molecule has 1 aromatic rings. The molecule has 0 aliphatic rings. The van der Waals surface area contributed by atoms with Crippen LogP contribution in [0.5, 0.6) is 0 Å². The van der Waals surface area contributed by atoms with Gasteiger partial charge in [0.2, 0.25) is 0 Å². The zero-order valence-corrected chi connectivity index (χ0v) is 9.10. The predicted octanol–water partition coefficient (Wildman–Crippen LogP) is 1.05. The van der Waals surface area contributed by atoms with E-state index in [0.29, 0.717) is 19.5 Å². The fourth-order valence-electron chi connectivity index (χ4n) is 1.32. The van der Waals surface area contributed by atoms with Gasteiger partial charge in [-0.05, 0) is 13.1 Å². The van der Waals surface area contributed by atoms with E-state index in [4.69, 9.17) is 5.26 Å². The minimum Gasteiger partial charge on any atom is -0.357 e. The van der Waals surface area contributed by atoms with Crippen LogP contribution in [0.15, 0.2) is 18.5 Å². The number of aromatic nitrogens is 1. The molecule has 0 bridgehead atoms. The summed E-state index contributed by atoms with van der Waals surface area (Å²) in [6.07, 6.45) is 4.11. The third-order valence-electron chi connectivity index (χ3n) is 2.17. The Morgan fingerprint density at radius 3 is 2.93 bits per heavy atom. The lowest BCUT2D eigenvalue weighted by Crippen LogP contribution is -2.26. The standard InChI is InChI=1S/C11H15N3O/c1-13(6-3-5-12)9-11(15)10-4-7-14(2)8-10/h4,7-8H,3,6,9H2,1-2H3. The van der Waals surface area contributed by atoms with Crippen molar-refractivity contribution in [1.82, 2.24) is 9.47 Å². The Morgan fingerprint density at radius 2 is 2.40 bits per heavy atom. The molecule has 0 saturated heterocycles. The van der Waals surface area contributed by atoms with Crippen molar-refractivity contribution in [3.05, 3.63) is 24.0 Å². The lowest BCUT2D eigenvalue weighted by molar-refractivity contribution is 0.0947. The minimum absolute atomic E-state index is 0.0936. The van der Waals surface area contributed by atoms with Crippen molar-refractivity contribution in [2.24, 2.45) is 7.05 Å². The number of Topliss-reactive ketones (excluding diaryl/α,β-unsaturated/α-hetero) is 1. The second-order valence-electron chi connectivity index (χ2n) is 3.63. The van der Waals surface area contributed by atoms with Gasteiger partial charge in [0.15, 0.2) is 5.78 Å². The number of nitriles is 1. The number of aryl methyl sites for hydroxylation is 1. The second kappa shape index (κ2) is 5.32. The Balaban J connectivity index is 2.46. The van der Waals surface area contributed by atoms with Crippen LogP contribution in [-0.4, -0.2) is 35.4 Å². The Hall–Kier alpha value is -1.60. The van der Waals surface area contributed by atoms with E-state index in [1.165, 1.54) is 0 Å². The van der Waals surface area contributed by atoms with Crippen molar-refractivity contribution in [3.63, 3.8) is 0 Å². The first kappa shape index (κ1) is 11.5. The predicted molar refractivity (Wildman–Crippen MR) is 57.5 cm³/mol. The normalized spacial score (nSPS) is 10.3. The highest BCUT2D eigenvalue weighted by molar-refractivity contribution is 5.97. The maximum absolute atomic E-state index is 11.7. The average molecular weight is 205 g/mol. The van der Waals surface area contributed by atoms with Gasteiger partial charge >= 0.3 is 0 Å². The Kier molecular flexibility index (Phi) is 4.07. The fourth-order valence-corrected chi connectivity index (χ4v) is 1.32. The van der Waals surface area contributed by atoms with Crippen LogP contribution in [0.25, 0.3) is 0 Å². The van der Waals surface area contributed by atoms with Gasteiger partial charge in [-0.1, -0.05) is 0 Å². The molecule has 4 heteroatoms. The molecule has 1 aromatic heterocycles. The molecule has 0 saturated carbocycles. The molecule has 0 unspecified atom stereocenters. The lowest BCUT2D eigenvalue weighted by Gasteiger charge is -2.12. The van der Waals surface area contributed by atoms with Crippen LogP contribution in [0, 0.1) is 11.3 Å². The molecule has 0 aliphatic carbocycles. The van der Waals surface area contributed by atoms with Gasteiger partial charge in [-0.15, -0.1) is 0 Å². The number of carbonyl (C=O) groups is 1. The van der Waals surface area contributed by atoms with Crippen molar-refractivity contribution < 1.29 is 4.79 Å². The summed E-state index contributed by atoms with van der Waals surface area (Å²) in [6, 6.07) is 3.86. The third kappa shape index (κ3) is 3.56. The molecule has 0 N–H and O–H groups in total. The van der Waals surface area contributed by atoms with Crippen LogP contribution in [0.1, 0.15) is 16.8 Å². The number of hydrogen-bond acceptors (Lipinski definition) is 3. The molecule has 0 aliphatic heterocycles. The summed E-state index contributed by atoms with van der Waals surface area (Å²) in [5.74, 6) is 0.0936. The van der Waals surface area contributed by atoms with Gasteiger partial charge in [-0.25, -0.2) is 0 Å². The van der Waals surface area contributed by atoms with Crippen LogP contribution in [-0.2, 0) is 7.05 Å². The molecular weight excluding hydrogens is 190 g/mol. The van der Waals surface area contributed by atoms with E-state index in [9.17, 15) is 4.79 Å². The van der Waals surface area contributed by atoms with Crippen molar-refractivity contribution >= 4 is 5.78 Å². The smallest absolute Gasteiger partial charge is 0.178 e. The van der Waals surface area contributed by atoms with Crippen molar-refractivity contribution in [2.45, 2.75) is 6.42 Å². The number of likely N-dealkylation sites (N-methyl/N-ethyl adjacent to an activating group) is 1. The zero-order chi connectivity index (χ0) is 11.3. The van der Waals surface area contributed by atoms with E-state index in [2.05, 4.69) is 6.07 Å². The molecule has 0 spiro atoms. The Bertz CT molecular complexity index is 375. The first-order valence-electron chi connectivity index (χ1n) is 4.84. The number of ketones is 1. The summed E-state index contributed by atoms with van der Waals surface area (Å²) in [5.41, 5.74) is 0.723. The Labute approximate surface area is 89.7 Å². The van der Waals surface area contributed by atoms with E-state index in [1.807, 2.05) is 29.8 Å². The zero-order valence-electron chi connectivity index (χ0n) is 9.10. The number of nitrogens with zero attached hydrogens (tertiary/aromatic N) is 3. The summed E-state index contributed by atoms with van der Waals surface area (Å²) >= 11 is 0. The molecule has 0 aromatic carbocycles. The number of carbonyl (C=O) groups excluding carboxylic acids is 1. The molecule has 80 valence electrons. The quantitative estimate of drug-likeness (QED) is 0.675. The molecule has 0 amide bonds. The highest BCUT2D eigenvalue weighted by Gasteiger charge is 2.09. The van der Waals surface area contributed by atoms with Gasteiger partial charge in [0.25, 0.3) is 0 Å². The summed E-state index contributed by atoms with van der Waals surface area (Å²) in [5, 5.41) is 8.40. The molecule has 15 heavy (non-hydrogen) atoms.